The zero-order valence-electron chi connectivity index (χ0n) is 18.5. The number of fused-ring (bicyclic) bond motifs is 4. The SMILES string of the molecule is C1=CCC=CC(CN2CCN3CCCN(CC2)CCN(Cc2ccccc2)CC3)=C1. The van der Waals surface area contributed by atoms with Crippen molar-refractivity contribution < 1.29 is 0 Å². The Morgan fingerprint density at radius 1 is 0.633 bits per heavy atom. The van der Waals surface area contributed by atoms with Gasteiger partial charge in [-0.25, -0.2) is 0 Å². The molecule has 0 spiro atoms. The topological polar surface area (TPSA) is 13.0 Å². The van der Waals surface area contributed by atoms with Gasteiger partial charge in [0.25, 0.3) is 0 Å². The number of rotatable bonds is 4. The van der Waals surface area contributed by atoms with Gasteiger partial charge in [-0.15, -0.1) is 0 Å². The van der Waals surface area contributed by atoms with Gasteiger partial charge in [0.2, 0.25) is 0 Å². The van der Waals surface area contributed by atoms with Gasteiger partial charge in [0.1, 0.15) is 0 Å². The molecule has 2 atom stereocenters. The second-order valence-corrected chi connectivity index (χ2v) is 8.88. The fourth-order valence-electron chi connectivity index (χ4n) is 4.69. The van der Waals surface area contributed by atoms with E-state index < -0.39 is 0 Å². The molecule has 1 aromatic carbocycles. The van der Waals surface area contributed by atoms with E-state index in [9.17, 15) is 0 Å². The van der Waals surface area contributed by atoms with Crippen LogP contribution in [0.25, 0.3) is 0 Å². The van der Waals surface area contributed by atoms with Crippen LogP contribution in [-0.4, -0.2) is 91.6 Å². The zero-order valence-corrected chi connectivity index (χ0v) is 18.5. The normalized spacial score (nSPS) is 27.0. The molecule has 2 bridgehead atoms. The summed E-state index contributed by atoms with van der Waals surface area (Å²) < 4.78 is 0. The highest BCUT2D eigenvalue weighted by Crippen LogP contribution is 2.11. The summed E-state index contributed by atoms with van der Waals surface area (Å²) in [5, 5.41) is 0. The van der Waals surface area contributed by atoms with Crippen LogP contribution in [0.4, 0.5) is 0 Å². The molecule has 30 heavy (non-hydrogen) atoms. The number of hydrogen-bond acceptors (Lipinski definition) is 4. The minimum Gasteiger partial charge on any atom is -0.301 e. The molecule has 4 heteroatoms. The minimum absolute atomic E-state index is 1.06. The molecule has 2 saturated heterocycles. The summed E-state index contributed by atoms with van der Waals surface area (Å²) in [6.07, 6.45) is 13.7. The Kier molecular flexibility index (Phi) is 8.33. The highest BCUT2D eigenvalue weighted by molar-refractivity contribution is 5.28. The van der Waals surface area contributed by atoms with Crippen LogP contribution in [0.2, 0.25) is 0 Å². The summed E-state index contributed by atoms with van der Waals surface area (Å²) in [6.45, 7) is 14.0. The largest absolute Gasteiger partial charge is 0.301 e. The molecule has 162 valence electrons. The van der Waals surface area contributed by atoms with E-state index in [1.807, 2.05) is 0 Å². The fraction of sp³-hybridized carbons (Fsp3) is 0.538. The highest BCUT2D eigenvalue weighted by Gasteiger charge is 2.19. The first-order valence-corrected chi connectivity index (χ1v) is 11.8. The van der Waals surface area contributed by atoms with Gasteiger partial charge in [0, 0.05) is 65.4 Å². The van der Waals surface area contributed by atoms with E-state index in [2.05, 4.69) is 80.3 Å². The van der Waals surface area contributed by atoms with Crippen molar-refractivity contribution >= 4 is 0 Å². The van der Waals surface area contributed by atoms with Crippen LogP contribution < -0.4 is 0 Å². The van der Waals surface area contributed by atoms with Crippen molar-refractivity contribution in [1.29, 1.82) is 0 Å². The fourth-order valence-corrected chi connectivity index (χ4v) is 4.69. The lowest BCUT2D eigenvalue weighted by Gasteiger charge is -2.37. The van der Waals surface area contributed by atoms with Crippen molar-refractivity contribution in [2.75, 3.05) is 72.0 Å². The molecule has 0 N–H and O–H groups in total. The molecule has 4 nitrogen and oxygen atoms in total. The first-order valence-electron chi connectivity index (χ1n) is 11.8. The number of allylic oxidation sites excluding steroid dienone is 4. The van der Waals surface area contributed by atoms with Crippen LogP contribution in [0, 0.1) is 0 Å². The number of benzene rings is 1. The van der Waals surface area contributed by atoms with Gasteiger partial charge in [-0.2, -0.15) is 0 Å². The van der Waals surface area contributed by atoms with Gasteiger partial charge in [0.15, 0.2) is 0 Å². The lowest BCUT2D eigenvalue weighted by atomic mass is 10.2. The maximum absolute atomic E-state index is 2.71. The highest BCUT2D eigenvalue weighted by atomic mass is 15.3. The van der Waals surface area contributed by atoms with E-state index in [0.717, 1.165) is 19.5 Å². The molecule has 3 aliphatic rings. The van der Waals surface area contributed by atoms with Gasteiger partial charge >= 0.3 is 0 Å². The molecule has 0 radical (unpaired) electrons. The monoisotopic (exact) mass is 406 g/mol. The lowest BCUT2D eigenvalue weighted by molar-refractivity contribution is 0.111. The molecule has 1 aromatic rings. The van der Waals surface area contributed by atoms with Crippen molar-refractivity contribution in [2.45, 2.75) is 19.4 Å². The molecule has 0 amide bonds. The van der Waals surface area contributed by atoms with E-state index in [1.54, 1.807) is 0 Å². The smallest absolute Gasteiger partial charge is 0.0234 e. The average molecular weight is 407 g/mol. The molecule has 2 unspecified atom stereocenters. The van der Waals surface area contributed by atoms with Crippen molar-refractivity contribution in [1.82, 2.24) is 19.6 Å². The Morgan fingerprint density at radius 3 is 1.93 bits per heavy atom. The molecule has 4 rings (SSSR count). The molecular formula is C26H38N4. The first-order chi connectivity index (χ1) is 14.8. The summed E-state index contributed by atoms with van der Waals surface area (Å²) in [5.41, 5.74) is 2.88. The van der Waals surface area contributed by atoms with E-state index >= 15 is 0 Å². The van der Waals surface area contributed by atoms with E-state index in [-0.39, 0.29) is 0 Å². The zero-order chi connectivity index (χ0) is 20.4. The maximum atomic E-state index is 2.71. The summed E-state index contributed by atoms with van der Waals surface area (Å²) in [6, 6.07) is 11.0. The maximum Gasteiger partial charge on any atom is 0.0234 e. The van der Waals surface area contributed by atoms with Crippen LogP contribution in [0.5, 0.6) is 0 Å². The van der Waals surface area contributed by atoms with Crippen LogP contribution >= 0.6 is 0 Å². The molecule has 1 aliphatic carbocycles. The summed E-state index contributed by atoms with van der Waals surface area (Å²) in [5.74, 6) is 0. The molecule has 0 aromatic heterocycles. The lowest BCUT2D eigenvalue weighted by Crippen LogP contribution is -2.48. The predicted octanol–water partition coefficient (Wildman–Crippen LogP) is 3.25. The van der Waals surface area contributed by atoms with Crippen molar-refractivity contribution in [3.05, 3.63) is 71.8 Å². The van der Waals surface area contributed by atoms with Crippen LogP contribution in [-0.2, 0) is 6.54 Å². The summed E-state index contributed by atoms with van der Waals surface area (Å²) in [4.78, 5) is 10.7. The third-order valence-corrected chi connectivity index (χ3v) is 6.58. The minimum atomic E-state index is 1.06. The van der Waals surface area contributed by atoms with Gasteiger partial charge in [0.05, 0.1) is 0 Å². The van der Waals surface area contributed by atoms with Crippen LogP contribution in [0.3, 0.4) is 0 Å². The Balaban J connectivity index is 1.39. The number of nitrogens with zero attached hydrogens (tertiary/aromatic N) is 4. The molecule has 2 aliphatic heterocycles. The van der Waals surface area contributed by atoms with Gasteiger partial charge in [-0.1, -0.05) is 60.7 Å². The third kappa shape index (κ3) is 6.92. The average Bonchev–Trinajstić information content (AvgIpc) is 3.04. The van der Waals surface area contributed by atoms with Gasteiger partial charge in [-0.3, -0.25) is 9.80 Å². The van der Waals surface area contributed by atoms with E-state index in [4.69, 9.17) is 0 Å². The third-order valence-electron chi connectivity index (χ3n) is 6.58. The molecular weight excluding hydrogens is 368 g/mol. The predicted molar refractivity (Wildman–Crippen MR) is 127 cm³/mol. The second-order valence-electron chi connectivity index (χ2n) is 8.88. The summed E-state index contributed by atoms with van der Waals surface area (Å²) in [7, 11) is 0. The van der Waals surface area contributed by atoms with Crippen molar-refractivity contribution in [2.24, 2.45) is 0 Å². The van der Waals surface area contributed by atoms with Crippen molar-refractivity contribution in [3.8, 4) is 0 Å². The summed E-state index contributed by atoms with van der Waals surface area (Å²) >= 11 is 0. The molecule has 2 fully saturated rings. The number of hydrogen-bond donors (Lipinski definition) is 0. The quantitative estimate of drug-likeness (QED) is 0.761. The van der Waals surface area contributed by atoms with Gasteiger partial charge < -0.3 is 9.80 Å². The van der Waals surface area contributed by atoms with E-state index in [0.29, 0.717) is 0 Å². The van der Waals surface area contributed by atoms with Gasteiger partial charge in [-0.05, 0) is 37.1 Å². The second kappa shape index (κ2) is 11.6. The molecule has 0 saturated carbocycles. The Morgan fingerprint density at radius 2 is 1.27 bits per heavy atom. The van der Waals surface area contributed by atoms with E-state index in [1.165, 1.54) is 83.0 Å². The van der Waals surface area contributed by atoms with Crippen LogP contribution in [0.15, 0.2) is 66.3 Å². The van der Waals surface area contributed by atoms with Crippen LogP contribution in [0.1, 0.15) is 18.4 Å². The first kappa shape index (κ1) is 21.5. The Labute approximate surface area is 183 Å². The molecule has 2 heterocycles. The standard InChI is InChI=1S/C26H38N4/c1-2-5-10-25(9-4-1)23-29-19-15-27-13-8-14-28(16-20-29)18-22-30(21-17-27)24-26-11-6-3-7-12-26/h1,3-7,9-12H,2,8,13-24H2. The Bertz CT molecular complexity index is 704. The van der Waals surface area contributed by atoms with Crippen molar-refractivity contribution in [3.63, 3.8) is 0 Å². The Hall–Kier alpha value is -1.72.